The molecular formula is C18H22FNO. The lowest BCUT2D eigenvalue weighted by molar-refractivity contribution is 0.414. The number of methoxy groups -OCH3 is 1. The lowest BCUT2D eigenvalue weighted by Crippen LogP contribution is -2.37. The van der Waals surface area contributed by atoms with Crippen LogP contribution in [0.15, 0.2) is 36.4 Å². The zero-order chi connectivity index (χ0) is 15.6. The zero-order valence-corrected chi connectivity index (χ0v) is 13.0. The van der Waals surface area contributed by atoms with Crippen molar-refractivity contribution < 1.29 is 9.13 Å². The van der Waals surface area contributed by atoms with Crippen LogP contribution >= 0.6 is 0 Å². The normalized spacial score (nSPS) is 13.8. The van der Waals surface area contributed by atoms with Crippen molar-refractivity contribution in [2.75, 3.05) is 7.11 Å². The first-order valence-electron chi connectivity index (χ1n) is 7.02. The van der Waals surface area contributed by atoms with Gasteiger partial charge < -0.3 is 10.5 Å². The van der Waals surface area contributed by atoms with E-state index in [1.54, 1.807) is 13.2 Å². The molecule has 0 fully saturated rings. The Bertz CT molecular complexity index is 609. The van der Waals surface area contributed by atoms with Gasteiger partial charge in [0.15, 0.2) is 0 Å². The van der Waals surface area contributed by atoms with Crippen molar-refractivity contribution in [1.82, 2.24) is 0 Å². The van der Waals surface area contributed by atoms with Gasteiger partial charge in [-0.15, -0.1) is 0 Å². The van der Waals surface area contributed by atoms with Crippen LogP contribution in [0.1, 0.15) is 29.2 Å². The summed E-state index contributed by atoms with van der Waals surface area (Å²) in [5.74, 6) is 0.571. The average Bonchev–Trinajstić information content (AvgIpc) is 2.37. The van der Waals surface area contributed by atoms with Gasteiger partial charge in [0.25, 0.3) is 0 Å². The van der Waals surface area contributed by atoms with E-state index in [0.717, 1.165) is 22.4 Å². The summed E-state index contributed by atoms with van der Waals surface area (Å²) in [7, 11) is 1.63. The Labute approximate surface area is 125 Å². The van der Waals surface area contributed by atoms with Crippen molar-refractivity contribution in [2.45, 2.75) is 32.7 Å². The molecule has 21 heavy (non-hydrogen) atoms. The van der Waals surface area contributed by atoms with E-state index in [9.17, 15) is 4.39 Å². The first-order valence-corrected chi connectivity index (χ1v) is 7.02. The summed E-state index contributed by atoms with van der Waals surface area (Å²) in [6, 6.07) is 11.2. The lowest BCUT2D eigenvalue weighted by Gasteiger charge is -2.28. The number of ether oxygens (including phenoxy) is 1. The topological polar surface area (TPSA) is 35.2 Å². The molecule has 0 aliphatic carbocycles. The van der Waals surface area contributed by atoms with Gasteiger partial charge in [-0.1, -0.05) is 18.2 Å². The summed E-state index contributed by atoms with van der Waals surface area (Å²) < 4.78 is 19.5. The highest BCUT2D eigenvalue weighted by Gasteiger charge is 2.27. The van der Waals surface area contributed by atoms with E-state index in [0.29, 0.717) is 12.0 Å². The highest BCUT2D eigenvalue weighted by molar-refractivity contribution is 5.38. The smallest absolute Gasteiger partial charge is 0.128 e. The molecule has 2 N–H and O–H groups in total. The van der Waals surface area contributed by atoms with Gasteiger partial charge in [-0.2, -0.15) is 0 Å². The molecule has 3 heteroatoms. The summed E-state index contributed by atoms with van der Waals surface area (Å²) in [4.78, 5) is 0. The van der Waals surface area contributed by atoms with Crippen molar-refractivity contribution in [2.24, 2.45) is 5.73 Å². The van der Waals surface area contributed by atoms with E-state index < -0.39 is 5.54 Å². The van der Waals surface area contributed by atoms with Gasteiger partial charge in [0.2, 0.25) is 0 Å². The minimum absolute atomic E-state index is 0.231. The number of halogens is 1. The molecule has 0 aliphatic heterocycles. The van der Waals surface area contributed by atoms with Crippen LogP contribution in [0.3, 0.4) is 0 Å². The fourth-order valence-electron chi connectivity index (χ4n) is 2.89. The van der Waals surface area contributed by atoms with E-state index in [-0.39, 0.29) is 5.82 Å². The SMILES string of the molecule is COc1ccc(CC(C)(N)c2c(C)cc(C)cc2F)cc1. The van der Waals surface area contributed by atoms with Crippen LogP contribution in [0.4, 0.5) is 4.39 Å². The summed E-state index contributed by atoms with van der Waals surface area (Å²) >= 11 is 0. The second-order valence-corrected chi connectivity index (χ2v) is 5.88. The third kappa shape index (κ3) is 3.42. The van der Waals surface area contributed by atoms with Crippen molar-refractivity contribution in [3.05, 3.63) is 64.5 Å². The first-order chi connectivity index (χ1) is 9.83. The van der Waals surface area contributed by atoms with E-state index in [1.165, 1.54) is 0 Å². The molecule has 2 aromatic carbocycles. The maximum absolute atomic E-state index is 14.3. The fraction of sp³-hybridized carbons (Fsp3) is 0.333. The summed E-state index contributed by atoms with van der Waals surface area (Å²) in [6.45, 7) is 5.67. The van der Waals surface area contributed by atoms with Crippen LogP contribution in [0.2, 0.25) is 0 Å². The molecule has 1 unspecified atom stereocenters. The Morgan fingerprint density at radius 2 is 1.76 bits per heavy atom. The third-order valence-electron chi connectivity index (χ3n) is 3.73. The molecule has 0 aliphatic rings. The van der Waals surface area contributed by atoms with Gasteiger partial charge in [0.1, 0.15) is 11.6 Å². The monoisotopic (exact) mass is 287 g/mol. The van der Waals surface area contributed by atoms with E-state index in [4.69, 9.17) is 10.5 Å². The number of rotatable bonds is 4. The molecule has 0 saturated carbocycles. The Kier molecular flexibility index (Phi) is 4.33. The minimum Gasteiger partial charge on any atom is -0.497 e. The molecule has 0 heterocycles. The van der Waals surface area contributed by atoms with Crippen molar-refractivity contribution >= 4 is 0 Å². The predicted molar refractivity (Wildman–Crippen MR) is 84.1 cm³/mol. The minimum atomic E-state index is -0.754. The number of nitrogens with two attached hydrogens (primary N) is 1. The Morgan fingerprint density at radius 3 is 2.29 bits per heavy atom. The molecule has 1 atom stereocenters. The summed E-state index contributed by atoms with van der Waals surface area (Å²) in [5, 5.41) is 0. The molecule has 2 nitrogen and oxygen atoms in total. The Balaban J connectivity index is 2.33. The van der Waals surface area contributed by atoms with Crippen LogP contribution in [0.25, 0.3) is 0 Å². The Morgan fingerprint density at radius 1 is 1.14 bits per heavy atom. The quantitative estimate of drug-likeness (QED) is 0.926. The number of aryl methyl sites for hydroxylation is 2. The number of hydrogen-bond acceptors (Lipinski definition) is 2. The molecule has 112 valence electrons. The van der Waals surface area contributed by atoms with Crippen LogP contribution < -0.4 is 10.5 Å². The molecule has 0 amide bonds. The largest absolute Gasteiger partial charge is 0.497 e. The molecule has 0 spiro atoms. The standard InChI is InChI=1S/C18H22FNO/c1-12-9-13(2)17(16(19)10-12)18(3,20)11-14-5-7-15(21-4)8-6-14/h5-10H,11,20H2,1-4H3. The molecule has 2 aromatic rings. The first kappa shape index (κ1) is 15.5. The number of hydrogen-bond donors (Lipinski definition) is 1. The second kappa shape index (κ2) is 5.86. The van der Waals surface area contributed by atoms with E-state index in [1.807, 2.05) is 51.1 Å². The third-order valence-corrected chi connectivity index (χ3v) is 3.73. The van der Waals surface area contributed by atoms with Crippen molar-refractivity contribution in [3.8, 4) is 5.75 Å². The van der Waals surface area contributed by atoms with Gasteiger partial charge in [-0.25, -0.2) is 4.39 Å². The van der Waals surface area contributed by atoms with Crippen LogP contribution in [0.5, 0.6) is 5.75 Å². The molecule has 2 rings (SSSR count). The van der Waals surface area contributed by atoms with Crippen LogP contribution in [0, 0.1) is 19.7 Å². The molecule has 0 radical (unpaired) electrons. The Hall–Kier alpha value is -1.87. The van der Waals surface area contributed by atoms with Crippen molar-refractivity contribution in [3.63, 3.8) is 0 Å². The van der Waals surface area contributed by atoms with E-state index >= 15 is 0 Å². The van der Waals surface area contributed by atoms with Gasteiger partial charge in [-0.05, 0) is 62.1 Å². The lowest BCUT2D eigenvalue weighted by atomic mass is 9.83. The maximum atomic E-state index is 14.3. The molecule has 0 saturated heterocycles. The zero-order valence-electron chi connectivity index (χ0n) is 13.0. The van der Waals surface area contributed by atoms with Crippen molar-refractivity contribution in [1.29, 1.82) is 0 Å². The van der Waals surface area contributed by atoms with Gasteiger partial charge in [0, 0.05) is 11.1 Å². The highest BCUT2D eigenvalue weighted by Crippen LogP contribution is 2.29. The molecule has 0 bridgehead atoms. The molecular weight excluding hydrogens is 265 g/mol. The van der Waals surface area contributed by atoms with Gasteiger partial charge in [-0.3, -0.25) is 0 Å². The number of benzene rings is 2. The predicted octanol–water partition coefficient (Wildman–Crippen LogP) is 3.87. The van der Waals surface area contributed by atoms with Gasteiger partial charge >= 0.3 is 0 Å². The fourth-order valence-corrected chi connectivity index (χ4v) is 2.89. The van der Waals surface area contributed by atoms with Crippen LogP contribution in [-0.2, 0) is 12.0 Å². The van der Waals surface area contributed by atoms with Gasteiger partial charge in [0.05, 0.1) is 7.11 Å². The second-order valence-electron chi connectivity index (χ2n) is 5.88. The van der Waals surface area contributed by atoms with E-state index in [2.05, 4.69) is 0 Å². The van der Waals surface area contributed by atoms with Crippen LogP contribution in [-0.4, -0.2) is 7.11 Å². The highest BCUT2D eigenvalue weighted by atomic mass is 19.1. The maximum Gasteiger partial charge on any atom is 0.128 e. The summed E-state index contributed by atoms with van der Waals surface area (Å²) in [6.07, 6.45) is 0.567. The summed E-state index contributed by atoms with van der Waals surface area (Å²) in [5.41, 5.74) is 9.12. The average molecular weight is 287 g/mol. The molecule has 0 aromatic heterocycles.